The van der Waals surface area contributed by atoms with E-state index in [-0.39, 0.29) is 6.23 Å². The first-order valence-electron chi connectivity index (χ1n) is 4.23. The Bertz CT molecular complexity index is 154. The Morgan fingerprint density at radius 2 is 2.58 bits per heavy atom. The third-order valence-electron chi connectivity index (χ3n) is 2.24. The van der Waals surface area contributed by atoms with Gasteiger partial charge in [-0.05, 0) is 18.6 Å². The van der Waals surface area contributed by atoms with Crippen molar-refractivity contribution in [3.8, 4) is 0 Å². The molecule has 0 radical (unpaired) electrons. The summed E-state index contributed by atoms with van der Waals surface area (Å²) in [6.07, 6.45) is 2.66. The zero-order valence-electron chi connectivity index (χ0n) is 6.83. The van der Waals surface area contributed by atoms with E-state index < -0.39 is 0 Å². The molecule has 70 valence electrons. The van der Waals surface area contributed by atoms with E-state index in [0.29, 0.717) is 11.3 Å². The fourth-order valence-corrected chi connectivity index (χ4v) is 3.19. The van der Waals surface area contributed by atoms with Gasteiger partial charge in [0.15, 0.2) is 0 Å². The van der Waals surface area contributed by atoms with Gasteiger partial charge in [0, 0.05) is 0 Å². The van der Waals surface area contributed by atoms with Crippen LogP contribution in [0.3, 0.4) is 0 Å². The van der Waals surface area contributed by atoms with E-state index in [1.54, 1.807) is 0 Å². The summed E-state index contributed by atoms with van der Waals surface area (Å²) in [5, 5.41) is 0.615. The van der Waals surface area contributed by atoms with Crippen molar-refractivity contribution in [3.05, 3.63) is 0 Å². The number of hydrogen-bond acceptors (Lipinski definition) is 4. The van der Waals surface area contributed by atoms with Crippen LogP contribution in [0, 0.1) is 0 Å². The molecule has 0 aromatic heterocycles. The van der Waals surface area contributed by atoms with Crippen LogP contribution in [0.5, 0.6) is 0 Å². The van der Waals surface area contributed by atoms with Gasteiger partial charge in [-0.15, -0.1) is 23.4 Å². The Balaban J connectivity index is 1.92. The van der Waals surface area contributed by atoms with Gasteiger partial charge in [-0.25, -0.2) is 4.90 Å². The highest BCUT2D eigenvalue weighted by Crippen LogP contribution is 2.31. The smallest absolute Gasteiger partial charge is 0.147 e. The number of alkyl halides is 1. The standard InChI is InChI=1S/C7H13ClN2OS/c8-4-6-10(5-9-11-6)7-2-1-3-12-7/h6-7,9H,1-5H2. The molecule has 12 heavy (non-hydrogen) atoms. The van der Waals surface area contributed by atoms with E-state index >= 15 is 0 Å². The summed E-state index contributed by atoms with van der Waals surface area (Å²) < 4.78 is 0. The Kier molecular flexibility index (Phi) is 3.15. The van der Waals surface area contributed by atoms with Crippen molar-refractivity contribution in [2.45, 2.75) is 24.4 Å². The van der Waals surface area contributed by atoms with Crippen LogP contribution in [0.25, 0.3) is 0 Å². The second kappa shape index (κ2) is 4.15. The average Bonchev–Trinajstić information content (AvgIpc) is 2.74. The number of nitrogens with one attached hydrogen (secondary N) is 1. The largest absolute Gasteiger partial charge is 0.280 e. The number of halogens is 1. The molecule has 1 N–H and O–H groups in total. The summed E-state index contributed by atoms with van der Waals surface area (Å²) >= 11 is 7.77. The van der Waals surface area contributed by atoms with Crippen molar-refractivity contribution in [2.75, 3.05) is 18.3 Å². The summed E-state index contributed by atoms with van der Waals surface area (Å²) in [4.78, 5) is 7.55. The van der Waals surface area contributed by atoms with Crippen molar-refractivity contribution < 1.29 is 4.84 Å². The Labute approximate surface area is 81.7 Å². The monoisotopic (exact) mass is 208 g/mol. The van der Waals surface area contributed by atoms with Crippen LogP contribution in [-0.4, -0.2) is 34.8 Å². The predicted molar refractivity (Wildman–Crippen MR) is 50.9 cm³/mol. The highest BCUT2D eigenvalue weighted by atomic mass is 35.5. The molecule has 2 rings (SSSR count). The molecule has 2 aliphatic rings. The summed E-state index contributed by atoms with van der Waals surface area (Å²) in [5.74, 6) is 1.82. The van der Waals surface area contributed by atoms with Crippen molar-refractivity contribution in [1.82, 2.24) is 10.4 Å². The van der Waals surface area contributed by atoms with E-state index in [1.165, 1.54) is 18.6 Å². The van der Waals surface area contributed by atoms with Crippen LogP contribution < -0.4 is 5.48 Å². The first kappa shape index (κ1) is 9.09. The van der Waals surface area contributed by atoms with Gasteiger partial charge < -0.3 is 0 Å². The van der Waals surface area contributed by atoms with Crippen molar-refractivity contribution in [2.24, 2.45) is 0 Å². The van der Waals surface area contributed by atoms with E-state index in [9.17, 15) is 0 Å². The van der Waals surface area contributed by atoms with Gasteiger partial charge in [-0.1, -0.05) is 0 Å². The van der Waals surface area contributed by atoms with Crippen LogP contribution in [0.15, 0.2) is 0 Å². The molecule has 5 heteroatoms. The first-order chi connectivity index (χ1) is 5.92. The molecule has 2 aliphatic heterocycles. The molecule has 0 amide bonds. The van der Waals surface area contributed by atoms with E-state index in [1.807, 2.05) is 11.8 Å². The van der Waals surface area contributed by atoms with Crippen molar-refractivity contribution in [1.29, 1.82) is 0 Å². The summed E-state index contributed by atoms with van der Waals surface area (Å²) in [5.41, 5.74) is 2.88. The van der Waals surface area contributed by atoms with Gasteiger partial charge in [0.05, 0.1) is 17.9 Å². The minimum absolute atomic E-state index is 0.0715. The lowest BCUT2D eigenvalue weighted by Crippen LogP contribution is -2.37. The Hall–Kier alpha value is 0.520. The van der Waals surface area contributed by atoms with Gasteiger partial charge in [-0.3, -0.25) is 4.84 Å². The van der Waals surface area contributed by atoms with Gasteiger partial charge >= 0.3 is 0 Å². The molecule has 0 bridgehead atoms. The second-order valence-electron chi connectivity index (χ2n) is 3.01. The molecule has 0 spiro atoms. The van der Waals surface area contributed by atoms with Crippen LogP contribution in [-0.2, 0) is 4.84 Å². The topological polar surface area (TPSA) is 24.5 Å². The predicted octanol–water partition coefficient (Wildman–Crippen LogP) is 1.20. The first-order valence-corrected chi connectivity index (χ1v) is 5.82. The molecule has 0 aromatic carbocycles. The maximum absolute atomic E-state index is 5.77. The molecule has 0 aliphatic carbocycles. The summed E-state index contributed by atoms with van der Waals surface area (Å²) in [6, 6.07) is 0. The number of hydrogen-bond donors (Lipinski definition) is 1. The highest BCUT2D eigenvalue weighted by Gasteiger charge is 2.33. The summed E-state index contributed by atoms with van der Waals surface area (Å²) in [7, 11) is 0. The fourth-order valence-electron chi connectivity index (χ4n) is 1.61. The molecule has 2 heterocycles. The molecule has 2 unspecified atom stereocenters. The fraction of sp³-hybridized carbons (Fsp3) is 1.00. The molecule has 2 atom stereocenters. The van der Waals surface area contributed by atoms with Gasteiger partial charge in [0.2, 0.25) is 0 Å². The number of rotatable bonds is 2. The SMILES string of the molecule is ClCC1ONCN1C1CCCS1. The van der Waals surface area contributed by atoms with Crippen LogP contribution in [0.4, 0.5) is 0 Å². The zero-order valence-corrected chi connectivity index (χ0v) is 8.40. The molecule has 3 nitrogen and oxygen atoms in total. The molecular weight excluding hydrogens is 196 g/mol. The van der Waals surface area contributed by atoms with Gasteiger partial charge in [0.25, 0.3) is 0 Å². The quantitative estimate of drug-likeness (QED) is 0.690. The van der Waals surface area contributed by atoms with Crippen LogP contribution in [0.2, 0.25) is 0 Å². The zero-order chi connectivity index (χ0) is 8.39. The minimum Gasteiger partial charge on any atom is -0.280 e. The lowest BCUT2D eigenvalue weighted by Gasteiger charge is -2.24. The Morgan fingerprint density at radius 1 is 1.67 bits per heavy atom. The average molecular weight is 209 g/mol. The molecule has 2 saturated heterocycles. The number of thioether (sulfide) groups is 1. The third kappa shape index (κ3) is 1.72. The van der Waals surface area contributed by atoms with E-state index in [2.05, 4.69) is 10.4 Å². The maximum atomic E-state index is 5.77. The molecular formula is C7H13ClN2OS. The van der Waals surface area contributed by atoms with E-state index in [0.717, 1.165) is 6.67 Å². The minimum atomic E-state index is 0.0715. The van der Waals surface area contributed by atoms with Gasteiger partial charge in [-0.2, -0.15) is 5.48 Å². The number of hydroxylamine groups is 1. The lowest BCUT2D eigenvalue weighted by atomic mass is 10.3. The van der Waals surface area contributed by atoms with Gasteiger partial charge in [0.1, 0.15) is 6.23 Å². The highest BCUT2D eigenvalue weighted by molar-refractivity contribution is 8.00. The second-order valence-corrected chi connectivity index (χ2v) is 4.61. The molecule has 0 aromatic rings. The van der Waals surface area contributed by atoms with E-state index in [4.69, 9.17) is 16.4 Å². The third-order valence-corrected chi connectivity index (χ3v) is 3.92. The van der Waals surface area contributed by atoms with Crippen molar-refractivity contribution >= 4 is 23.4 Å². The molecule has 2 fully saturated rings. The number of nitrogens with zero attached hydrogens (tertiary/aromatic N) is 1. The lowest BCUT2D eigenvalue weighted by molar-refractivity contribution is 0.00326. The van der Waals surface area contributed by atoms with Crippen LogP contribution >= 0.6 is 23.4 Å². The summed E-state index contributed by atoms with van der Waals surface area (Å²) in [6.45, 7) is 0.815. The van der Waals surface area contributed by atoms with Crippen LogP contribution in [0.1, 0.15) is 12.8 Å². The molecule has 0 saturated carbocycles. The normalized spacial score (nSPS) is 37.8. The van der Waals surface area contributed by atoms with Crippen molar-refractivity contribution in [3.63, 3.8) is 0 Å². The maximum Gasteiger partial charge on any atom is 0.147 e. The Morgan fingerprint density at radius 3 is 3.25 bits per heavy atom.